The third-order valence-electron chi connectivity index (χ3n) is 4.98. The summed E-state index contributed by atoms with van der Waals surface area (Å²) in [7, 11) is 0. The molecular weight excluding hydrogens is 559 g/mol. The van der Waals surface area contributed by atoms with Crippen molar-refractivity contribution < 1.29 is 36.4 Å². The number of benzene rings is 1. The van der Waals surface area contributed by atoms with Crippen LogP contribution in [0.3, 0.4) is 0 Å². The highest BCUT2D eigenvalue weighted by Crippen LogP contribution is 2.18. The molecule has 1 saturated heterocycles. The molecule has 0 spiro atoms. The summed E-state index contributed by atoms with van der Waals surface area (Å²) in [4.78, 5) is 36.6. The third-order valence-corrected chi connectivity index (χ3v) is 5.29. The van der Waals surface area contributed by atoms with Gasteiger partial charge in [-0.1, -0.05) is 19.1 Å². The van der Waals surface area contributed by atoms with Gasteiger partial charge >= 0.3 is 0 Å². The number of nitrogens with zero attached hydrogens (tertiary/aromatic N) is 1. The smallest absolute Gasteiger partial charge is 0.232 e. The first kappa shape index (κ1) is 28.6. The maximum atomic E-state index is 11.9. The van der Waals surface area contributed by atoms with Crippen LogP contribution in [0.4, 0.5) is 5.69 Å². The molecule has 1 heterocycles. The van der Waals surface area contributed by atoms with Gasteiger partial charge < -0.3 is 27.3 Å². The van der Waals surface area contributed by atoms with Gasteiger partial charge in [-0.2, -0.15) is 0 Å². The molecule has 1 N–H and O–H groups in total. The summed E-state index contributed by atoms with van der Waals surface area (Å²) in [5.74, 6) is -0.595. The lowest BCUT2D eigenvalue weighted by molar-refractivity contribution is -0.140. The Kier molecular flexibility index (Phi) is 14.2. The highest BCUT2D eigenvalue weighted by atomic mass is 127. The summed E-state index contributed by atoms with van der Waals surface area (Å²) in [5.41, 5.74) is 1.77. The number of amides is 3. The molecule has 0 aliphatic carbocycles. The first-order valence-corrected chi connectivity index (χ1v) is 12.2. The Morgan fingerprint density at radius 3 is 2.03 bits per heavy atom. The van der Waals surface area contributed by atoms with Crippen LogP contribution in [-0.4, -0.2) is 82.0 Å². The standard InChI is InChI=1S/C23H33IN2O8/c1-18-16-22(28)26(23(18)29)7-9-31-11-13-33-15-14-32-12-10-30-8-6-21(27)25-20-4-2-19(3-5-20)17-34-24/h2-5,18H,6-17H2,1H3,(H,25,27). The highest BCUT2D eigenvalue weighted by Gasteiger charge is 2.34. The average Bonchev–Trinajstić information content (AvgIpc) is 3.06. The zero-order valence-electron chi connectivity index (χ0n) is 19.5. The monoisotopic (exact) mass is 592 g/mol. The predicted octanol–water partition coefficient (Wildman–Crippen LogP) is 2.34. The van der Waals surface area contributed by atoms with Crippen molar-refractivity contribution in [1.82, 2.24) is 4.90 Å². The third kappa shape index (κ3) is 11.2. The lowest BCUT2D eigenvalue weighted by Crippen LogP contribution is -2.33. The van der Waals surface area contributed by atoms with E-state index in [1.54, 1.807) is 6.92 Å². The van der Waals surface area contributed by atoms with E-state index in [0.717, 1.165) is 11.3 Å². The van der Waals surface area contributed by atoms with Gasteiger partial charge in [-0.15, -0.1) is 0 Å². The molecule has 1 atom stereocenters. The number of carbonyl (C=O) groups is 3. The molecule has 0 saturated carbocycles. The van der Waals surface area contributed by atoms with Crippen LogP contribution < -0.4 is 5.32 Å². The Labute approximate surface area is 214 Å². The second kappa shape index (κ2) is 16.9. The molecule has 0 bridgehead atoms. The summed E-state index contributed by atoms with van der Waals surface area (Å²) >= 11 is 1.84. The molecule has 1 aromatic rings. The van der Waals surface area contributed by atoms with Gasteiger partial charge in [0.15, 0.2) is 0 Å². The van der Waals surface area contributed by atoms with Crippen LogP contribution in [-0.2, 0) is 43.0 Å². The zero-order chi connectivity index (χ0) is 24.6. The van der Waals surface area contributed by atoms with Crippen molar-refractivity contribution in [2.75, 3.05) is 64.7 Å². The molecule has 1 fully saturated rings. The fraction of sp³-hybridized carbons (Fsp3) is 0.609. The van der Waals surface area contributed by atoms with Gasteiger partial charge in [-0.3, -0.25) is 19.3 Å². The number of imide groups is 1. The van der Waals surface area contributed by atoms with Crippen LogP contribution >= 0.6 is 23.0 Å². The second-order valence-electron chi connectivity index (χ2n) is 7.69. The molecule has 3 amide bonds. The van der Waals surface area contributed by atoms with Crippen LogP contribution in [0.15, 0.2) is 24.3 Å². The largest absolute Gasteiger partial charge is 0.379 e. The van der Waals surface area contributed by atoms with Gasteiger partial charge in [0.05, 0.1) is 72.4 Å². The zero-order valence-corrected chi connectivity index (χ0v) is 21.6. The minimum absolute atomic E-state index is 0.109. The maximum Gasteiger partial charge on any atom is 0.232 e. The SMILES string of the molecule is CC1CC(=O)N(CCOCCOCCOCCOCCC(=O)Nc2ccc(COI)cc2)C1=O. The van der Waals surface area contributed by atoms with Gasteiger partial charge in [0.1, 0.15) is 23.0 Å². The maximum absolute atomic E-state index is 11.9. The number of hydrogen-bond acceptors (Lipinski definition) is 8. The fourth-order valence-electron chi connectivity index (χ4n) is 3.14. The lowest BCUT2D eigenvalue weighted by atomic mass is 10.1. The number of ether oxygens (including phenoxy) is 4. The molecule has 2 rings (SSSR count). The lowest BCUT2D eigenvalue weighted by Gasteiger charge is -2.14. The number of hydrogen-bond donors (Lipinski definition) is 1. The molecule has 190 valence electrons. The fourth-order valence-corrected chi connectivity index (χ4v) is 3.50. The van der Waals surface area contributed by atoms with E-state index in [1.165, 1.54) is 4.90 Å². The topological polar surface area (TPSA) is 113 Å². The molecule has 1 aliphatic heterocycles. The van der Waals surface area contributed by atoms with E-state index >= 15 is 0 Å². The average molecular weight is 592 g/mol. The van der Waals surface area contributed by atoms with E-state index in [-0.39, 0.29) is 43.0 Å². The van der Waals surface area contributed by atoms with Gasteiger partial charge in [-0.05, 0) is 17.7 Å². The minimum atomic E-state index is -0.226. The number of carbonyl (C=O) groups excluding carboxylic acids is 3. The molecule has 11 heteroatoms. The van der Waals surface area contributed by atoms with Crippen LogP contribution in [0.2, 0.25) is 0 Å². The summed E-state index contributed by atoms with van der Waals surface area (Å²) in [6, 6.07) is 7.48. The van der Waals surface area contributed by atoms with Crippen molar-refractivity contribution in [3.05, 3.63) is 29.8 Å². The number of rotatable bonds is 18. The Morgan fingerprint density at radius 2 is 1.50 bits per heavy atom. The Bertz CT molecular complexity index is 762. The molecule has 10 nitrogen and oxygen atoms in total. The van der Waals surface area contributed by atoms with Crippen molar-refractivity contribution >= 4 is 46.4 Å². The Balaban J connectivity index is 1.34. The number of halogens is 1. The minimum Gasteiger partial charge on any atom is -0.379 e. The molecule has 34 heavy (non-hydrogen) atoms. The Morgan fingerprint density at radius 1 is 0.941 bits per heavy atom. The first-order chi connectivity index (χ1) is 16.5. The Hall–Kier alpha value is -1.64. The number of nitrogens with one attached hydrogen (secondary N) is 1. The summed E-state index contributed by atoms with van der Waals surface area (Å²) in [5, 5.41) is 2.82. The van der Waals surface area contributed by atoms with Crippen LogP contribution in [0.5, 0.6) is 0 Å². The van der Waals surface area contributed by atoms with E-state index in [1.807, 2.05) is 47.3 Å². The number of anilines is 1. The van der Waals surface area contributed by atoms with Gasteiger partial charge in [0.2, 0.25) is 17.7 Å². The van der Waals surface area contributed by atoms with E-state index in [0.29, 0.717) is 59.5 Å². The van der Waals surface area contributed by atoms with Gasteiger partial charge in [0.25, 0.3) is 0 Å². The molecule has 1 aromatic carbocycles. The quantitative estimate of drug-likeness (QED) is 0.157. The van der Waals surface area contributed by atoms with Crippen molar-refractivity contribution in [2.24, 2.45) is 5.92 Å². The molecule has 0 radical (unpaired) electrons. The van der Waals surface area contributed by atoms with E-state index < -0.39 is 0 Å². The molecule has 1 unspecified atom stereocenters. The van der Waals surface area contributed by atoms with Crippen molar-refractivity contribution in [1.29, 1.82) is 0 Å². The van der Waals surface area contributed by atoms with Gasteiger partial charge in [0, 0.05) is 18.0 Å². The second-order valence-corrected chi connectivity index (χ2v) is 8.31. The van der Waals surface area contributed by atoms with Crippen molar-refractivity contribution in [3.63, 3.8) is 0 Å². The molecule has 1 aliphatic rings. The predicted molar refractivity (Wildman–Crippen MR) is 132 cm³/mol. The van der Waals surface area contributed by atoms with Crippen molar-refractivity contribution in [2.45, 2.75) is 26.4 Å². The first-order valence-electron chi connectivity index (χ1n) is 11.3. The van der Waals surface area contributed by atoms with E-state index in [2.05, 4.69) is 5.32 Å². The molecular formula is C23H33IN2O8. The summed E-state index contributed by atoms with van der Waals surface area (Å²) in [6.07, 6.45) is 0.549. The van der Waals surface area contributed by atoms with Crippen LogP contribution in [0, 0.1) is 5.92 Å². The highest BCUT2D eigenvalue weighted by molar-refractivity contribution is 14.1. The molecule has 0 aromatic heterocycles. The normalized spacial score (nSPS) is 15.8. The van der Waals surface area contributed by atoms with E-state index in [4.69, 9.17) is 22.0 Å². The van der Waals surface area contributed by atoms with Crippen molar-refractivity contribution in [3.8, 4) is 0 Å². The summed E-state index contributed by atoms with van der Waals surface area (Å²) < 4.78 is 26.7. The van der Waals surface area contributed by atoms with Crippen LogP contribution in [0.1, 0.15) is 25.3 Å². The van der Waals surface area contributed by atoms with Gasteiger partial charge in [-0.25, -0.2) is 0 Å². The summed E-state index contributed by atoms with van der Waals surface area (Å²) in [6.45, 7) is 5.64. The van der Waals surface area contributed by atoms with Crippen LogP contribution in [0.25, 0.3) is 0 Å². The van der Waals surface area contributed by atoms with E-state index in [9.17, 15) is 14.4 Å². The number of likely N-dealkylation sites (tertiary alicyclic amines) is 1.